The molecule has 0 spiro atoms. The average Bonchev–Trinajstić information content (AvgIpc) is 2.43. The van der Waals surface area contributed by atoms with Gasteiger partial charge in [-0.05, 0) is 32.6 Å². The van der Waals surface area contributed by atoms with Gasteiger partial charge in [0.05, 0.1) is 6.07 Å². The fraction of sp³-hybridized carbons (Fsp3) is 0.533. The summed E-state index contributed by atoms with van der Waals surface area (Å²) in [7, 11) is 3.92. The molecule has 0 amide bonds. The largest absolute Gasteiger partial charge is 0.303 e. The summed E-state index contributed by atoms with van der Waals surface area (Å²) in [5.74, 6) is 0. The summed E-state index contributed by atoms with van der Waals surface area (Å²) in [6, 6.07) is 12.4. The second-order valence-corrected chi connectivity index (χ2v) is 4.72. The molecule has 0 heterocycles. The van der Waals surface area contributed by atoms with Crippen molar-refractivity contribution in [2.75, 3.05) is 27.2 Å². The number of unbranched alkanes of at least 4 members (excludes halogenated alkanes) is 1. The zero-order valence-corrected chi connectivity index (χ0v) is 11.6. The van der Waals surface area contributed by atoms with Crippen LogP contribution in [0.15, 0.2) is 30.3 Å². The van der Waals surface area contributed by atoms with Gasteiger partial charge in [0.2, 0.25) is 0 Å². The van der Waals surface area contributed by atoms with Crippen molar-refractivity contribution in [2.45, 2.75) is 25.3 Å². The van der Waals surface area contributed by atoms with Crippen molar-refractivity contribution in [1.29, 1.82) is 5.26 Å². The molecule has 3 nitrogen and oxygen atoms in total. The minimum absolute atomic E-state index is 0.621. The van der Waals surface area contributed by atoms with Gasteiger partial charge in [-0.3, -0.25) is 5.32 Å². The molecule has 0 aromatic heterocycles. The Morgan fingerprint density at radius 1 is 1.33 bits per heavy atom. The van der Waals surface area contributed by atoms with Crippen LogP contribution in [0.2, 0.25) is 0 Å². The van der Waals surface area contributed by atoms with E-state index in [2.05, 4.69) is 30.3 Å². The van der Waals surface area contributed by atoms with Gasteiger partial charge in [0, 0.05) is 6.54 Å². The number of nitrogens with one attached hydrogen (secondary N) is 1. The SMILES string of the molecule is CCCCN(C)CC(C#N)(NC)c1ccccc1. The van der Waals surface area contributed by atoms with Crippen molar-refractivity contribution in [3.05, 3.63) is 35.9 Å². The van der Waals surface area contributed by atoms with Crippen LogP contribution in [0.3, 0.4) is 0 Å². The fourth-order valence-electron chi connectivity index (χ4n) is 2.11. The number of hydrogen-bond acceptors (Lipinski definition) is 3. The number of likely N-dealkylation sites (N-methyl/N-ethyl adjacent to an activating group) is 2. The number of nitriles is 1. The lowest BCUT2D eigenvalue weighted by atomic mass is 9.91. The molecule has 1 N–H and O–H groups in total. The molecule has 1 atom stereocenters. The van der Waals surface area contributed by atoms with Crippen molar-refractivity contribution in [3.63, 3.8) is 0 Å². The first-order valence-corrected chi connectivity index (χ1v) is 6.52. The van der Waals surface area contributed by atoms with Crippen molar-refractivity contribution < 1.29 is 0 Å². The Hall–Kier alpha value is -1.37. The third-order valence-corrected chi connectivity index (χ3v) is 3.28. The molecule has 0 aliphatic heterocycles. The summed E-state index contributed by atoms with van der Waals surface area (Å²) < 4.78 is 0. The zero-order chi connectivity index (χ0) is 13.4. The van der Waals surface area contributed by atoms with Crippen molar-refractivity contribution in [1.82, 2.24) is 10.2 Å². The van der Waals surface area contributed by atoms with Crippen LogP contribution in [0.5, 0.6) is 0 Å². The second-order valence-electron chi connectivity index (χ2n) is 4.72. The van der Waals surface area contributed by atoms with Crippen molar-refractivity contribution >= 4 is 0 Å². The molecule has 0 fully saturated rings. The molecule has 0 aliphatic rings. The van der Waals surface area contributed by atoms with Crippen molar-refractivity contribution in [3.8, 4) is 6.07 Å². The van der Waals surface area contributed by atoms with E-state index in [-0.39, 0.29) is 0 Å². The van der Waals surface area contributed by atoms with Crippen LogP contribution < -0.4 is 5.32 Å². The van der Waals surface area contributed by atoms with Crippen LogP contribution >= 0.6 is 0 Å². The zero-order valence-electron chi connectivity index (χ0n) is 11.6. The van der Waals surface area contributed by atoms with E-state index in [1.807, 2.05) is 37.4 Å². The molecule has 3 heteroatoms. The van der Waals surface area contributed by atoms with Crippen molar-refractivity contribution in [2.24, 2.45) is 0 Å². The van der Waals surface area contributed by atoms with Crippen LogP contribution in [0, 0.1) is 11.3 Å². The summed E-state index contributed by atoms with van der Waals surface area (Å²) in [5.41, 5.74) is 0.405. The summed E-state index contributed by atoms with van der Waals surface area (Å²) in [4.78, 5) is 2.22. The van der Waals surface area contributed by atoms with E-state index >= 15 is 0 Å². The molecular formula is C15H23N3. The molecule has 0 bridgehead atoms. The molecule has 1 aromatic rings. The van der Waals surface area contributed by atoms with E-state index in [0.29, 0.717) is 6.54 Å². The summed E-state index contributed by atoms with van der Waals surface area (Å²) >= 11 is 0. The Morgan fingerprint density at radius 2 is 2.00 bits per heavy atom. The molecule has 98 valence electrons. The van der Waals surface area contributed by atoms with E-state index in [0.717, 1.165) is 18.5 Å². The van der Waals surface area contributed by atoms with E-state index in [9.17, 15) is 5.26 Å². The number of rotatable bonds is 7. The maximum Gasteiger partial charge on any atom is 0.144 e. The average molecular weight is 245 g/mol. The molecule has 0 saturated carbocycles. The molecule has 1 rings (SSSR count). The highest BCUT2D eigenvalue weighted by molar-refractivity contribution is 5.31. The monoisotopic (exact) mass is 245 g/mol. The Balaban J connectivity index is 2.85. The lowest BCUT2D eigenvalue weighted by Gasteiger charge is -2.31. The maximum absolute atomic E-state index is 9.57. The lowest BCUT2D eigenvalue weighted by Crippen LogP contribution is -2.47. The van der Waals surface area contributed by atoms with Gasteiger partial charge in [0.25, 0.3) is 0 Å². The van der Waals surface area contributed by atoms with Gasteiger partial charge in [-0.15, -0.1) is 0 Å². The van der Waals surface area contributed by atoms with Gasteiger partial charge in [0.15, 0.2) is 0 Å². The Kier molecular flexibility index (Phi) is 5.84. The van der Waals surface area contributed by atoms with Crippen LogP contribution in [0.4, 0.5) is 0 Å². The second kappa shape index (κ2) is 7.15. The highest BCUT2D eigenvalue weighted by atomic mass is 15.1. The standard InChI is InChI=1S/C15H23N3/c1-4-5-11-18(3)13-15(12-16,17-2)14-9-7-6-8-10-14/h6-10,17H,4-5,11,13H2,1-3H3. The summed E-state index contributed by atoms with van der Waals surface area (Å²) in [6.07, 6.45) is 2.34. The predicted octanol–water partition coefficient (Wildman–Crippen LogP) is 2.36. The minimum atomic E-state index is -0.621. The first-order valence-electron chi connectivity index (χ1n) is 6.52. The quantitative estimate of drug-likeness (QED) is 0.801. The maximum atomic E-state index is 9.57. The van der Waals surface area contributed by atoms with Crippen LogP contribution in [0.25, 0.3) is 0 Å². The molecule has 18 heavy (non-hydrogen) atoms. The Bertz CT molecular complexity index is 382. The first kappa shape index (κ1) is 14.7. The highest BCUT2D eigenvalue weighted by Gasteiger charge is 2.31. The van der Waals surface area contributed by atoms with E-state index in [1.54, 1.807) is 0 Å². The highest BCUT2D eigenvalue weighted by Crippen LogP contribution is 2.21. The number of benzene rings is 1. The molecule has 0 saturated heterocycles. The van der Waals surface area contributed by atoms with Gasteiger partial charge in [-0.1, -0.05) is 43.7 Å². The molecule has 0 aliphatic carbocycles. The third-order valence-electron chi connectivity index (χ3n) is 3.28. The van der Waals surface area contributed by atoms with Crippen LogP contribution in [-0.2, 0) is 5.54 Å². The third kappa shape index (κ3) is 3.56. The van der Waals surface area contributed by atoms with Gasteiger partial charge in [-0.25, -0.2) is 0 Å². The minimum Gasteiger partial charge on any atom is -0.303 e. The van der Waals surface area contributed by atoms with Gasteiger partial charge in [0.1, 0.15) is 5.54 Å². The Labute approximate surface area is 110 Å². The normalized spacial score (nSPS) is 14.2. The fourth-order valence-corrected chi connectivity index (χ4v) is 2.11. The van der Waals surface area contributed by atoms with Gasteiger partial charge >= 0.3 is 0 Å². The lowest BCUT2D eigenvalue weighted by molar-refractivity contribution is 0.255. The summed E-state index contributed by atoms with van der Waals surface area (Å²) in [6.45, 7) is 3.90. The topological polar surface area (TPSA) is 39.1 Å². The molecule has 1 aromatic carbocycles. The summed E-state index contributed by atoms with van der Waals surface area (Å²) in [5, 5.41) is 12.8. The van der Waals surface area contributed by atoms with Gasteiger partial charge in [-0.2, -0.15) is 5.26 Å². The Morgan fingerprint density at radius 3 is 2.50 bits per heavy atom. The molecule has 1 unspecified atom stereocenters. The van der Waals surface area contributed by atoms with Gasteiger partial charge < -0.3 is 4.90 Å². The number of nitrogens with zero attached hydrogens (tertiary/aromatic N) is 2. The van der Waals surface area contributed by atoms with E-state index < -0.39 is 5.54 Å². The van der Waals surface area contributed by atoms with Crippen LogP contribution in [0.1, 0.15) is 25.3 Å². The first-order chi connectivity index (χ1) is 8.68. The van der Waals surface area contributed by atoms with E-state index in [1.165, 1.54) is 6.42 Å². The van der Waals surface area contributed by atoms with Crippen LogP contribution in [-0.4, -0.2) is 32.1 Å². The smallest absolute Gasteiger partial charge is 0.144 e. The van der Waals surface area contributed by atoms with E-state index in [4.69, 9.17) is 0 Å². The molecular weight excluding hydrogens is 222 g/mol. The number of hydrogen-bond donors (Lipinski definition) is 1. The predicted molar refractivity (Wildman–Crippen MR) is 75.2 cm³/mol. The molecule has 0 radical (unpaired) electrons.